The molecule has 1 heterocycles. The second kappa shape index (κ2) is 7.66. The standard InChI is InChI=1S/C20H22N4O/c1-4-25-17-10-8-16(9-11-17)22-19-12-13-21-20(24-19)23-18-7-5-6-14(2)15(18)3/h5-13H,4H2,1-3H3,(H2,21,22,23,24). The van der Waals surface area contributed by atoms with E-state index in [0.29, 0.717) is 12.6 Å². The third-order valence-electron chi connectivity index (χ3n) is 3.94. The highest BCUT2D eigenvalue weighted by Crippen LogP contribution is 2.23. The zero-order valence-corrected chi connectivity index (χ0v) is 14.7. The lowest BCUT2D eigenvalue weighted by Crippen LogP contribution is -2.02. The van der Waals surface area contributed by atoms with Crippen molar-refractivity contribution in [2.24, 2.45) is 0 Å². The van der Waals surface area contributed by atoms with Crippen LogP contribution in [0.25, 0.3) is 0 Å². The maximum Gasteiger partial charge on any atom is 0.229 e. The zero-order valence-electron chi connectivity index (χ0n) is 14.7. The van der Waals surface area contributed by atoms with Gasteiger partial charge in [0.2, 0.25) is 5.95 Å². The maximum atomic E-state index is 5.45. The van der Waals surface area contributed by atoms with Crippen LogP contribution in [0.4, 0.5) is 23.1 Å². The Hall–Kier alpha value is -3.08. The summed E-state index contributed by atoms with van der Waals surface area (Å²) in [6.45, 7) is 6.80. The Kier molecular flexibility index (Phi) is 5.14. The molecule has 0 radical (unpaired) electrons. The fraction of sp³-hybridized carbons (Fsp3) is 0.200. The summed E-state index contributed by atoms with van der Waals surface area (Å²) in [7, 11) is 0. The number of nitrogens with zero attached hydrogens (tertiary/aromatic N) is 2. The highest BCUT2D eigenvalue weighted by atomic mass is 16.5. The van der Waals surface area contributed by atoms with Crippen molar-refractivity contribution in [2.45, 2.75) is 20.8 Å². The molecule has 5 heteroatoms. The van der Waals surface area contributed by atoms with Gasteiger partial charge in [0.25, 0.3) is 0 Å². The molecule has 0 amide bonds. The van der Waals surface area contributed by atoms with E-state index in [2.05, 4.69) is 40.5 Å². The maximum absolute atomic E-state index is 5.45. The van der Waals surface area contributed by atoms with Crippen LogP contribution < -0.4 is 15.4 Å². The fourth-order valence-electron chi connectivity index (χ4n) is 2.44. The molecule has 0 saturated carbocycles. The van der Waals surface area contributed by atoms with Crippen molar-refractivity contribution in [3.05, 3.63) is 65.9 Å². The number of anilines is 4. The Morgan fingerprint density at radius 3 is 2.52 bits per heavy atom. The summed E-state index contributed by atoms with van der Waals surface area (Å²) in [6, 6.07) is 15.8. The lowest BCUT2D eigenvalue weighted by molar-refractivity contribution is 0.340. The smallest absolute Gasteiger partial charge is 0.229 e. The molecule has 0 spiro atoms. The van der Waals surface area contributed by atoms with Crippen LogP contribution in [0.15, 0.2) is 54.7 Å². The van der Waals surface area contributed by atoms with E-state index < -0.39 is 0 Å². The Bertz CT molecular complexity index is 847. The minimum atomic E-state index is 0.560. The molecule has 1 aromatic heterocycles. The number of ether oxygens (including phenoxy) is 1. The van der Waals surface area contributed by atoms with E-state index >= 15 is 0 Å². The monoisotopic (exact) mass is 334 g/mol. The van der Waals surface area contributed by atoms with Crippen LogP contribution in [0, 0.1) is 13.8 Å². The van der Waals surface area contributed by atoms with Crippen LogP contribution in [0.3, 0.4) is 0 Å². The topological polar surface area (TPSA) is 59.1 Å². The first-order chi connectivity index (χ1) is 12.2. The number of hydrogen-bond donors (Lipinski definition) is 2. The third kappa shape index (κ3) is 4.26. The minimum absolute atomic E-state index is 0.560. The van der Waals surface area contributed by atoms with Gasteiger partial charge in [-0.2, -0.15) is 4.98 Å². The molecule has 0 aliphatic heterocycles. The first kappa shape index (κ1) is 16.8. The van der Waals surface area contributed by atoms with Crippen molar-refractivity contribution in [3.8, 4) is 5.75 Å². The molecule has 3 rings (SSSR count). The number of benzene rings is 2. The number of nitrogens with one attached hydrogen (secondary N) is 2. The third-order valence-corrected chi connectivity index (χ3v) is 3.94. The molecule has 2 aromatic carbocycles. The molecule has 3 aromatic rings. The molecule has 0 saturated heterocycles. The summed E-state index contributed by atoms with van der Waals surface area (Å²) in [4.78, 5) is 8.83. The predicted molar refractivity (Wildman–Crippen MR) is 102 cm³/mol. The molecule has 0 atom stereocenters. The Morgan fingerprint density at radius 1 is 0.960 bits per heavy atom. The highest BCUT2D eigenvalue weighted by molar-refractivity contribution is 5.62. The van der Waals surface area contributed by atoms with Crippen LogP contribution in [0.1, 0.15) is 18.1 Å². The van der Waals surface area contributed by atoms with Gasteiger partial charge >= 0.3 is 0 Å². The average molecular weight is 334 g/mol. The normalized spacial score (nSPS) is 10.4. The first-order valence-electron chi connectivity index (χ1n) is 8.32. The van der Waals surface area contributed by atoms with Gasteiger partial charge in [-0.05, 0) is 68.3 Å². The van der Waals surface area contributed by atoms with E-state index in [-0.39, 0.29) is 0 Å². The van der Waals surface area contributed by atoms with E-state index in [1.54, 1.807) is 6.20 Å². The van der Waals surface area contributed by atoms with E-state index in [9.17, 15) is 0 Å². The van der Waals surface area contributed by atoms with Crippen molar-refractivity contribution < 1.29 is 4.74 Å². The van der Waals surface area contributed by atoms with Gasteiger partial charge in [-0.15, -0.1) is 0 Å². The van der Waals surface area contributed by atoms with E-state index in [1.807, 2.05) is 49.4 Å². The van der Waals surface area contributed by atoms with Crippen LogP contribution in [0.2, 0.25) is 0 Å². The Labute approximate surface area is 148 Å². The quantitative estimate of drug-likeness (QED) is 0.666. The molecular weight excluding hydrogens is 312 g/mol. The number of aryl methyl sites for hydroxylation is 1. The first-order valence-corrected chi connectivity index (χ1v) is 8.32. The molecule has 0 aliphatic carbocycles. The van der Waals surface area contributed by atoms with Crippen molar-refractivity contribution in [1.29, 1.82) is 0 Å². The molecule has 0 unspecified atom stereocenters. The second-order valence-electron chi connectivity index (χ2n) is 5.72. The van der Waals surface area contributed by atoms with E-state index in [4.69, 9.17) is 4.74 Å². The number of aromatic nitrogens is 2. The van der Waals surface area contributed by atoms with E-state index in [0.717, 1.165) is 22.9 Å². The van der Waals surface area contributed by atoms with Gasteiger partial charge in [0, 0.05) is 17.6 Å². The van der Waals surface area contributed by atoms with Crippen LogP contribution >= 0.6 is 0 Å². The number of hydrogen-bond acceptors (Lipinski definition) is 5. The van der Waals surface area contributed by atoms with Crippen molar-refractivity contribution in [3.63, 3.8) is 0 Å². The molecule has 128 valence electrons. The summed E-state index contributed by atoms with van der Waals surface area (Å²) in [6.07, 6.45) is 1.73. The highest BCUT2D eigenvalue weighted by Gasteiger charge is 2.04. The number of rotatable bonds is 6. The van der Waals surface area contributed by atoms with Crippen molar-refractivity contribution >= 4 is 23.1 Å². The lowest BCUT2D eigenvalue weighted by atomic mass is 10.1. The predicted octanol–water partition coefficient (Wildman–Crippen LogP) is 4.98. The van der Waals surface area contributed by atoms with Gasteiger partial charge < -0.3 is 15.4 Å². The molecular formula is C20H22N4O. The largest absolute Gasteiger partial charge is 0.494 e. The van der Waals surface area contributed by atoms with Gasteiger partial charge in [-0.1, -0.05) is 12.1 Å². The summed E-state index contributed by atoms with van der Waals surface area (Å²) < 4.78 is 5.45. The molecule has 0 bridgehead atoms. The van der Waals surface area contributed by atoms with Gasteiger partial charge in [-0.25, -0.2) is 4.98 Å². The molecule has 0 aliphatic rings. The van der Waals surface area contributed by atoms with Gasteiger partial charge in [0.05, 0.1) is 6.61 Å². The average Bonchev–Trinajstić information content (AvgIpc) is 2.61. The van der Waals surface area contributed by atoms with Gasteiger partial charge in [0.1, 0.15) is 11.6 Å². The van der Waals surface area contributed by atoms with Gasteiger partial charge in [0.15, 0.2) is 0 Å². The van der Waals surface area contributed by atoms with Crippen molar-refractivity contribution in [2.75, 3.05) is 17.2 Å². The molecule has 0 fully saturated rings. The van der Waals surface area contributed by atoms with Crippen molar-refractivity contribution in [1.82, 2.24) is 9.97 Å². The van der Waals surface area contributed by atoms with Gasteiger partial charge in [-0.3, -0.25) is 0 Å². The second-order valence-corrected chi connectivity index (χ2v) is 5.72. The van der Waals surface area contributed by atoms with Crippen LogP contribution in [-0.2, 0) is 0 Å². The molecule has 25 heavy (non-hydrogen) atoms. The molecule has 2 N–H and O–H groups in total. The van der Waals surface area contributed by atoms with E-state index in [1.165, 1.54) is 11.1 Å². The summed E-state index contributed by atoms with van der Waals surface area (Å²) in [5.74, 6) is 2.14. The Morgan fingerprint density at radius 2 is 1.76 bits per heavy atom. The SMILES string of the molecule is CCOc1ccc(Nc2ccnc(Nc3cccc(C)c3C)n2)cc1. The lowest BCUT2D eigenvalue weighted by Gasteiger charge is -2.11. The molecule has 5 nitrogen and oxygen atoms in total. The fourth-order valence-corrected chi connectivity index (χ4v) is 2.44. The summed E-state index contributed by atoms with van der Waals surface area (Å²) in [5.41, 5.74) is 4.38. The zero-order chi connectivity index (χ0) is 17.6. The summed E-state index contributed by atoms with van der Waals surface area (Å²) >= 11 is 0. The Balaban J connectivity index is 1.74. The summed E-state index contributed by atoms with van der Waals surface area (Å²) in [5, 5.41) is 6.56. The minimum Gasteiger partial charge on any atom is -0.494 e. The van der Waals surface area contributed by atoms with Crippen LogP contribution in [-0.4, -0.2) is 16.6 Å². The van der Waals surface area contributed by atoms with Crippen LogP contribution in [0.5, 0.6) is 5.75 Å².